The molecule has 0 aliphatic carbocycles. The van der Waals surface area contributed by atoms with E-state index in [1.807, 2.05) is 0 Å². The second kappa shape index (κ2) is 11.3. The van der Waals surface area contributed by atoms with E-state index in [1.54, 1.807) is 6.92 Å². The fourth-order valence-electron chi connectivity index (χ4n) is 5.07. The third-order valence-corrected chi connectivity index (χ3v) is 7.25. The molecular formula is C26H30O15. The van der Waals surface area contributed by atoms with Gasteiger partial charge in [0, 0.05) is 22.9 Å². The molecule has 10 atom stereocenters. The number of hydrogen-bond donors (Lipinski definition) is 9. The maximum Gasteiger partial charge on any atom is 0.347 e. The van der Waals surface area contributed by atoms with Crippen molar-refractivity contribution >= 4 is 21.7 Å². The molecule has 1 aromatic heterocycles. The van der Waals surface area contributed by atoms with Crippen LogP contribution in [0, 0.1) is 6.92 Å². The summed E-state index contributed by atoms with van der Waals surface area (Å²) in [4.78, 5) is 12.6. The largest absolute Gasteiger partial charge is 0.508 e. The Hall–Kier alpha value is -3.09. The number of rotatable bonds is 6. The van der Waals surface area contributed by atoms with Crippen molar-refractivity contribution in [2.24, 2.45) is 0 Å². The number of fused-ring (bicyclic) bond motifs is 3. The maximum atomic E-state index is 12.6. The monoisotopic (exact) mass is 582 g/mol. The van der Waals surface area contributed by atoms with Gasteiger partial charge in [-0.2, -0.15) is 0 Å². The molecule has 2 aliphatic rings. The predicted molar refractivity (Wildman–Crippen MR) is 135 cm³/mol. The van der Waals surface area contributed by atoms with E-state index in [4.69, 9.17) is 23.4 Å². The molecule has 9 N–H and O–H groups in total. The van der Waals surface area contributed by atoms with Crippen LogP contribution in [0.5, 0.6) is 17.2 Å². The summed E-state index contributed by atoms with van der Waals surface area (Å²) in [5, 5.41) is 91.8. The summed E-state index contributed by atoms with van der Waals surface area (Å²) in [6.45, 7) is 0.396. The molecule has 0 bridgehead atoms. The van der Waals surface area contributed by atoms with Gasteiger partial charge in [0.2, 0.25) is 6.29 Å². The van der Waals surface area contributed by atoms with Crippen molar-refractivity contribution in [2.75, 3.05) is 13.2 Å². The first-order valence-corrected chi connectivity index (χ1v) is 12.6. The van der Waals surface area contributed by atoms with Crippen LogP contribution in [0.3, 0.4) is 0 Å². The van der Waals surface area contributed by atoms with Gasteiger partial charge in [-0.3, -0.25) is 0 Å². The van der Waals surface area contributed by atoms with Crippen LogP contribution in [0.2, 0.25) is 0 Å². The number of aliphatic hydroxyl groups excluding tert-OH is 7. The van der Waals surface area contributed by atoms with E-state index in [0.29, 0.717) is 10.9 Å². The molecule has 0 unspecified atom stereocenters. The molecule has 0 spiro atoms. The van der Waals surface area contributed by atoms with E-state index in [0.717, 1.165) is 6.07 Å². The van der Waals surface area contributed by atoms with Gasteiger partial charge in [-0.05, 0) is 24.6 Å². The molecule has 0 saturated carbocycles. The van der Waals surface area contributed by atoms with Crippen LogP contribution in [-0.4, -0.2) is 121 Å². The van der Waals surface area contributed by atoms with Crippen molar-refractivity contribution in [1.82, 2.24) is 0 Å². The van der Waals surface area contributed by atoms with Gasteiger partial charge in [0.15, 0.2) is 6.29 Å². The van der Waals surface area contributed by atoms with Crippen molar-refractivity contribution in [1.29, 1.82) is 0 Å². The molecule has 3 heterocycles. The van der Waals surface area contributed by atoms with Crippen LogP contribution < -0.4 is 10.4 Å². The Labute approximate surface area is 230 Å². The van der Waals surface area contributed by atoms with Gasteiger partial charge in [-0.25, -0.2) is 4.79 Å². The first kappa shape index (κ1) is 29.4. The van der Waals surface area contributed by atoms with Gasteiger partial charge in [0.05, 0.1) is 13.2 Å². The molecule has 3 aromatic rings. The first-order valence-electron chi connectivity index (χ1n) is 12.6. The Balaban J connectivity index is 1.39. The number of phenols is 2. The number of aromatic hydroxyl groups is 2. The zero-order valence-electron chi connectivity index (χ0n) is 21.5. The van der Waals surface area contributed by atoms with Crippen molar-refractivity contribution in [3.05, 3.63) is 40.2 Å². The molecule has 2 aliphatic heterocycles. The van der Waals surface area contributed by atoms with Gasteiger partial charge < -0.3 is 69.3 Å². The van der Waals surface area contributed by atoms with Gasteiger partial charge in [-0.15, -0.1) is 0 Å². The van der Waals surface area contributed by atoms with Crippen LogP contribution in [0.15, 0.2) is 33.5 Å². The Morgan fingerprint density at radius 1 is 0.780 bits per heavy atom. The molecule has 41 heavy (non-hydrogen) atoms. The molecule has 15 heteroatoms. The minimum absolute atomic E-state index is 0.0504. The van der Waals surface area contributed by atoms with Crippen molar-refractivity contribution in [3.63, 3.8) is 0 Å². The number of aliphatic hydroxyl groups is 7. The molecule has 2 saturated heterocycles. The van der Waals surface area contributed by atoms with Crippen LogP contribution in [-0.2, 0) is 14.2 Å². The Morgan fingerprint density at radius 3 is 2.10 bits per heavy atom. The van der Waals surface area contributed by atoms with E-state index < -0.39 is 86.0 Å². The average Bonchev–Trinajstić information content (AvgIpc) is 2.91. The van der Waals surface area contributed by atoms with E-state index in [2.05, 4.69) is 0 Å². The lowest BCUT2D eigenvalue weighted by molar-refractivity contribution is -0.323. The van der Waals surface area contributed by atoms with Crippen molar-refractivity contribution in [2.45, 2.75) is 68.3 Å². The normalized spacial score (nSPS) is 34.2. The quantitative estimate of drug-likeness (QED) is 0.109. The van der Waals surface area contributed by atoms with Gasteiger partial charge in [0.1, 0.15) is 77.0 Å². The van der Waals surface area contributed by atoms with E-state index >= 15 is 0 Å². The average molecular weight is 583 g/mol. The number of hydrogen-bond acceptors (Lipinski definition) is 15. The summed E-state index contributed by atoms with van der Waals surface area (Å²) in [5.74, 6) is -0.762. The molecule has 5 rings (SSSR count). The van der Waals surface area contributed by atoms with E-state index in [9.17, 15) is 50.8 Å². The summed E-state index contributed by atoms with van der Waals surface area (Å²) in [5.41, 5.74) is -0.308. The van der Waals surface area contributed by atoms with Crippen LogP contribution in [0.4, 0.5) is 0 Å². The van der Waals surface area contributed by atoms with Crippen LogP contribution >= 0.6 is 0 Å². The summed E-state index contributed by atoms with van der Waals surface area (Å²) >= 11 is 0. The summed E-state index contributed by atoms with van der Waals surface area (Å²) in [6.07, 6.45) is -16.2. The van der Waals surface area contributed by atoms with Gasteiger partial charge in [0.25, 0.3) is 0 Å². The minimum Gasteiger partial charge on any atom is -0.508 e. The number of aryl methyl sites for hydroxylation is 1. The fourth-order valence-corrected chi connectivity index (χ4v) is 5.07. The molecule has 0 amide bonds. The molecule has 2 fully saturated rings. The predicted octanol–water partition coefficient (Wildman–Crippen LogP) is -2.33. The molecular weight excluding hydrogens is 552 g/mol. The highest BCUT2D eigenvalue weighted by atomic mass is 16.7. The Morgan fingerprint density at radius 2 is 1.41 bits per heavy atom. The van der Waals surface area contributed by atoms with E-state index in [-0.39, 0.29) is 27.9 Å². The second-order valence-electron chi connectivity index (χ2n) is 10.1. The van der Waals surface area contributed by atoms with E-state index in [1.165, 1.54) is 18.2 Å². The smallest absolute Gasteiger partial charge is 0.347 e. The lowest BCUT2D eigenvalue weighted by Crippen LogP contribution is -2.62. The zero-order valence-corrected chi connectivity index (χ0v) is 21.5. The summed E-state index contributed by atoms with van der Waals surface area (Å²) in [7, 11) is 0. The Bertz CT molecular complexity index is 1470. The standard InChI is InChI=1S/C26H30O15/c1-8-2-9(28)3-13-16(8)11-4-10(5-12(29)17(11)24(36)39-13)38-26-23(35)21(33)19(31)15(41-26)7-37-25-22(34)20(32)18(30)14(6-27)40-25/h2-5,14-15,18-23,25-35H,6-7H2,1H3/t14-,15-,18-,19-,20+,21+,22-,23-,25-,26-/m1/s1. The number of ether oxygens (including phenoxy) is 4. The fraction of sp³-hybridized carbons (Fsp3) is 0.500. The highest BCUT2D eigenvalue weighted by Gasteiger charge is 2.48. The van der Waals surface area contributed by atoms with Crippen LogP contribution in [0.1, 0.15) is 5.56 Å². The maximum absolute atomic E-state index is 12.6. The van der Waals surface area contributed by atoms with Crippen LogP contribution in [0.25, 0.3) is 21.7 Å². The van der Waals surface area contributed by atoms with Gasteiger partial charge in [-0.1, -0.05) is 0 Å². The minimum atomic E-state index is -1.80. The highest BCUT2D eigenvalue weighted by molar-refractivity contribution is 6.08. The second-order valence-corrected chi connectivity index (χ2v) is 10.1. The SMILES string of the molecule is Cc1cc(O)cc2oc(=O)c3c(O)cc(O[C@@H]4O[C@H](CO[C@@H]5O[C@H](CO)[C@@H](O)[C@H](O)[C@H]5O)[C@@H](O)[C@H](O)[C@H]4O)cc3c12. The highest BCUT2D eigenvalue weighted by Crippen LogP contribution is 2.37. The molecule has 224 valence electrons. The first-order chi connectivity index (χ1) is 19.4. The Kier molecular flexibility index (Phi) is 8.10. The number of benzene rings is 2. The topological polar surface area (TPSA) is 249 Å². The van der Waals surface area contributed by atoms with Crippen molar-refractivity contribution < 1.29 is 69.3 Å². The zero-order chi connectivity index (χ0) is 29.7. The summed E-state index contributed by atoms with van der Waals surface area (Å²) < 4.78 is 27.2. The summed E-state index contributed by atoms with van der Waals surface area (Å²) in [6, 6.07) is 5.09. The lowest BCUT2D eigenvalue weighted by atomic mass is 9.98. The number of phenolic OH excluding ortho intramolecular Hbond substituents is 2. The third kappa shape index (κ3) is 5.32. The molecule has 2 aromatic carbocycles. The molecule has 15 nitrogen and oxygen atoms in total. The lowest BCUT2D eigenvalue weighted by Gasteiger charge is -2.42. The third-order valence-electron chi connectivity index (χ3n) is 7.25. The van der Waals surface area contributed by atoms with Crippen molar-refractivity contribution in [3.8, 4) is 17.2 Å². The molecule has 0 radical (unpaired) electrons. The van der Waals surface area contributed by atoms with Gasteiger partial charge >= 0.3 is 5.63 Å².